The van der Waals surface area contributed by atoms with Crippen LogP contribution in [0, 0.1) is 0 Å². The quantitative estimate of drug-likeness (QED) is 0.665. The smallest absolute Gasteiger partial charge is 0.0426 e. The van der Waals surface area contributed by atoms with Crippen molar-refractivity contribution in [2.24, 2.45) is 0 Å². The van der Waals surface area contributed by atoms with Gasteiger partial charge in [0.25, 0.3) is 0 Å². The highest BCUT2D eigenvalue weighted by Crippen LogP contribution is 2.02. The number of nitrogens with zero attached hydrogens (tertiary/aromatic N) is 1. The van der Waals surface area contributed by atoms with Crippen molar-refractivity contribution in [2.75, 3.05) is 13.6 Å². The number of nitrogens with one attached hydrogen (secondary N) is 1. The van der Waals surface area contributed by atoms with Gasteiger partial charge in [-0.1, -0.05) is 0 Å². The Morgan fingerprint density at radius 2 is 2.00 bits per heavy atom. The third-order valence-electron chi connectivity index (χ3n) is 1.64. The topological polar surface area (TPSA) is 17.0 Å². The zero-order valence-electron chi connectivity index (χ0n) is 6.54. The van der Waals surface area contributed by atoms with Gasteiger partial charge in [0.1, 0.15) is 0 Å². The second kappa shape index (κ2) is 3.42. The lowest BCUT2D eigenvalue weighted by Gasteiger charge is -2.11. The molecule has 0 bridgehead atoms. The highest BCUT2D eigenvalue weighted by atomic mass is 15.0. The largest absolute Gasteiger partial charge is 0.350 e. The monoisotopic (exact) mass is 138 g/mol. The van der Waals surface area contributed by atoms with E-state index in [4.69, 9.17) is 0 Å². The zero-order chi connectivity index (χ0) is 7.40. The molecule has 0 saturated heterocycles. The minimum absolute atomic E-state index is 0.556. The molecule has 0 fully saturated rings. The van der Waals surface area contributed by atoms with Crippen LogP contribution in [-0.2, 0) is 0 Å². The Balaban J connectivity index is 2.50. The molecule has 1 aromatic rings. The fourth-order valence-electron chi connectivity index (χ4n) is 1.04. The second-order valence-corrected chi connectivity index (χ2v) is 2.54. The molecule has 0 amide bonds. The molecule has 2 nitrogen and oxygen atoms in total. The maximum Gasteiger partial charge on any atom is 0.0426 e. The lowest BCUT2D eigenvalue weighted by atomic mass is 10.3. The number of aromatic nitrogens is 1. The molecule has 1 unspecified atom stereocenters. The average Bonchev–Trinajstić information content (AvgIpc) is 2.38. The summed E-state index contributed by atoms with van der Waals surface area (Å²) in [5.41, 5.74) is 0. The van der Waals surface area contributed by atoms with Gasteiger partial charge in [0.15, 0.2) is 0 Å². The van der Waals surface area contributed by atoms with Crippen LogP contribution in [-0.4, -0.2) is 18.2 Å². The lowest BCUT2D eigenvalue weighted by molar-refractivity contribution is 0.520. The van der Waals surface area contributed by atoms with Crippen molar-refractivity contribution in [3.63, 3.8) is 0 Å². The van der Waals surface area contributed by atoms with Gasteiger partial charge in [-0.15, -0.1) is 0 Å². The van der Waals surface area contributed by atoms with Crippen LogP contribution < -0.4 is 5.32 Å². The van der Waals surface area contributed by atoms with E-state index in [2.05, 4.69) is 29.2 Å². The third kappa shape index (κ3) is 1.61. The van der Waals surface area contributed by atoms with E-state index in [0.717, 1.165) is 6.54 Å². The molecular formula is C8H14N2. The first-order chi connectivity index (χ1) is 4.84. The predicted octanol–water partition coefficient (Wildman–Crippen LogP) is 1.27. The molecule has 0 saturated carbocycles. The highest BCUT2D eigenvalue weighted by molar-refractivity contribution is 4.92. The molecule has 1 aromatic heterocycles. The van der Waals surface area contributed by atoms with Crippen molar-refractivity contribution in [1.29, 1.82) is 0 Å². The van der Waals surface area contributed by atoms with Crippen LogP contribution in [0.2, 0.25) is 0 Å². The van der Waals surface area contributed by atoms with E-state index in [1.54, 1.807) is 0 Å². The molecule has 1 heterocycles. The zero-order valence-corrected chi connectivity index (χ0v) is 6.54. The summed E-state index contributed by atoms with van der Waals surface area (Å²) >= 11 is 0. The lowest BCUT2D eigenvalue weighted by Crippen LogP contribution is -2.18. The molecule has 0 aliphatic carbocycles. The summed E-state index contributed by atoms with van der Waals surface area (Å²) in [5.74, 6) is 0. The summed E-state index contributed by atoms with van der Waals surface area (Å²) in [6.45, 7) is 3.21. The van der Waals surface area contributed by atoms with Crippen molar-refractivity contribution >= 4 is 0 Å². The number of rotatable bonds is 3. The summed E-state index contributed by atoms with van der Waals surface area (Å²) in [4.78, 5) is 0. The molecule has 1 rings (SSSR count). The SMILES string of the molecule is CNCC(C)n1cccc1. The van der Waals surface area contributed by atoms with E-state index in [0.29, 0.717) is 6.04 Å². The molecular weight excluding hydrogens is 124 g/mol. The van der Waals surface area contributed by atoms with E-state index in [9.17, 15) is 0 Å². The first kappa shape index (κ1) is 7.35. The van der Waals surface area contributed by atoms with E-state index in [1.807, 2.05) is 19.2 Å². The molecule has 10 heavy (non-hydrogen) atoms. The Morgan fingerprint density at radius 3 is 2.50 bits per heavy atom. The van der Waals surface area contributed by atoms with Gasteiger partial charge in [-0.2, -0.15) is 0 Å². The van der Waals surface area contributed by atoms with E-state index < -0.39 is 0 Å². The van der Waals surface area contributed by atoms with Gasteiger partial charge in [0.05, 0.1) is 0 Å². The van der Waals surface area contributed by atoms with E-state index in [-0.39, 0.29) is 0 Å². The Morgan fingerprint density at radius 1 is 1.40 bits per heavy atom. The Bertz CT molecular complexity index is 167. The first-order valence-electron chi connectivity index (χ1n) is 3.61. The number of likely N-dealkylation sites (N-methyl/N-ethyl adjacent to an activating group) is 1. The van der Waals surface area contributed by atoms with Crippen LogP contribution in [0.25, 0.3) is 0 Å². The van der Waals surface area contributed by atoms with E-state index in [1.165, 1.54) is 0 Å². The minimum atomic E-state index is 0.556. The molecule has 1 atom stereocenters. The van der Waals surface area contributed by atoms with Gasteiger partial charge < -0.3 is 9.88 Å². The maximum absolute atomic E-state index is 3.13. The van der Waals surface area contributed by atoms with Crippen LogP contribution in [0.4, 0.5) is 0 Å². The van der Waals surface area contributed by atoms with Gasteiger partial charge in [-0.05, 0) is 26.1 Å². The molecule has 0 aliphatic heterocycles. The number of hydrogen-bond acceptors (Lipinski definition) is 1. The van der Waals surface area contributed by atoms with Crippen molar-refractivity contribution in [3.05, 3.63) is 24.5 Å². The van der Waals surface area contributed by atoms with Gasteiger partial charge in [0, 0.05) is 25.0 Å². The standard InChI is InChI=1S/C8H14N2/c1-8(7-9-2)10-5-3-4-6-10/h3-6,8-9H,7H2,1-2H3. The van der Waals surface area contributed by atoms with E-state index >= 15 is 0 Å². The van der Waals surface area contributed by atoms with Crippen molar-refractivity contribution < 1.29 is 0 Å². The van der Waals surface area contributed by atoms with Gasteiger partial charge in [-0.25, -0.2) is 0 Å². The highest BCUT2D eigenvalue weighted by Gasteiger charge is 1.98. The fourth-order valence-corrected chi connectivity index (χ4v) is 1.04. The third-order valence-corrected chi connectivity index (χ3v) is 1.64. The molecule has 0 aromatic carbocycles. The molecule has 2 heteroatoms. The summed E-state index contributed by atoms with van der Waals surface area (Å²) < 4.78 is 2.19. The van der Waals surface area contributed by atoms with Crippen LogP contribution >= 0.6 is 0 Å². The van der Waals surface area contributed by atoms with Gasteiger partial charge >= 0.3 is 0 Å². The normalized spacial score (nSPS) is 13.4. The fraction of sp³-hybridized carbons (Fsp3) is 0.500. The van der Waals surface area contributed by atoms with Gasteiger partial charge in [0.2, 0.25) is 0 Å². The van der Waals surface area contributed by atoms with Crippen LogP contribution in [0.15, 0.2) is 24.5 Å². The Hall–Kier alpha value is -0.760. The molecule has 0 aliphatic rings. The summed E-state index contributed by atoms with van der Waals surface area (Å²) in [5, 5.41) is 3.13. The number of hydrogen-bond donors (Lipinski definition) is 1. The maximum atomic E-state index is 3.13. The Labute approximate surface area is 61.9 Å². The van der Waals surface area contributed by atoms with Crippen LogP contribution in [0.1, 0.15) is 13.0 Å². The van der Waals surface area contributed by atoms with Crippen molar-refractivity contribution in [1.82, 2.24) is 9.88 Å². The molecule has 0 spiro atoms. The predicted molar refractivity (Wildman–Crippen MR) is 43.1 cm³/mol. The first-order valence-corrected chi connectivity index (χ1v) is 3.61. The average molecular weight is 138 g/mol. The minimum Gasteiger partial charge on any atom is -0.350 e. The molecule has 0 radical (unpaired) electrons. The Kier molecular flexibility index (Phi) is 2.51. The molecule has 1 N–H and O–H groups in total. The van der Waals surface area contributed by atoms with Crippen LogP contribution in [0.3, 0.4) is 0 Å². The van der Waals surface area contributed by atoms with Crippen LogP contribution in [0.5, 0.6) is 0 Å². The summed E-state index contributed by atoms with van der Waals surface area (Å²) in [6, 6.07) is 4.65. The summed E-state index contributed by atoms with van der Waals surface area (Å²) in [6.07, 6.45) is 4.17. The summed E-state index contributed by atoms with van der Waals surface area (Å²) in [7, 11) is 1.97. The van der Waals surface area contributed by atoms with Crippen molar-refractivity contribution in [3.8, 4) is 0 Å². The second-order valence-electron chi connectivity index (χ2n) is 2.54. The van der Waals surface area contributed by atoms with Crippen molar-refractivity contribution in [2.45, 2.75) is 13.0 Å². The molecule has 56 valence electrons. The van der Waals surface area contributed by atoms with Gasteiger partial charge in [-0.3, -0.25) is 0 Å².